The molecule has 0 radical (unpaired) electrons. The highest BCUT2D eigenvalue weighted by atomic mass is 16.2. The van der Waals surface area contributed by atoms with E-state index in [1.807, 2.05) is 0 Å². The van der Waals surface area contributed by atoms with Crippen LogP contribution in [0.4, 0.5) is 0 Å². The topological polar surface area (TPSA) is 46.3 Å². The monoisotopic (exact) mass is 252 g/mol. The minimum Gasteiger partial charge on any atom is -0.339 e. The van der Waals surface area contributed by atoms with Gasteiger partial charge in [-0.15, -0.1) is 0 Å². The number of hydrogen-bond acceptors (Lipinski definition) is 2. The Labute approximate surface area is 111 Å². The van der Waals surface area contributed by atoms with Gasteiger partial charge in [0.2, 0.25) is 5.91 Å². The van der Waals surface area contributed by atoms with Crippen LogP contribution >= 0.6 is 0 Å². The minimum atomic E-state index is -0.299. The largest absolute Gasteiger partial charge is 0.339 e. The molecule has 2 N–H and O–H groups in total. The first kappa shape index (κ1) is 13.9. The van der Waals surface area contributed by atoms with Gasteiger partial charge in [-0.05, 0) is 38.0 Å². The molecule has 0 aromatic carbocycles. The van der Waals surface area contributed by atoms with E-state index in [9.17, 15) is 4.79 Å². The van der Waals surface area contributed by atoms with Gasteiger partial charge in [0.15, 0.2) is 0 Å². The fraction of sp³-hybridized carbons (Fsp3) is 0.933. The summed E-state index contributed by atoms with van der Waals surface area (Å²) in [6.45, 7) is 5.66. The highest BCUT2D eigenvalue weighted by Crippen LogP contribution is 2.39. The van der Waals surface area contributed by atoms with E-state index < -0.39 is 0 Å². The van der Waals surface area contributed by atoms with E-state index in [1.165, 1.54) is 32.1 Å². The van der Waals surface area contributed by atoms with Crippen molar-refractivity contribution < 1.29 is 4.79 Å². The number of rotatable bonds is 4. The molecule has 1 aliphatic carbocycles. The van der Waals surface area contributed by atoms with E-state index in [1.54, 1.807) is 0 Å². The van der Waals surface area contributed by atoms with Crippen LogP contribution in [0.25, 0.3) is 0 Å². The molecule has 1 amide bonds. The Morgan fingerprint density at radius 2 is 1.89 bits per heavy atom. The van der Waals surface area contributed by atoms with Gasteiger partial charge < -0.3 is 10.6 Å². The van der Waals surface area contributed by atoms with Gasteiger partial charge in [0.1, 0.15) is 0 Å². The minimum absolute atomic E-state index is 0.299. The second kappa shape index (κ2) is 5.60. The van der Waals surface area contributed by atoms with E-state index in [0.29, 0.717) is 18.5 Å². The Balaban J connectivity index is 2.13. The van der Waals surface area contributed by atoms with Crippen LogP contribution < -0.4 is 5.73 Å². The zero-order valence-corrected chi connectivity index (χ0v) is 12.0. The first-order valence-corrected chi connectivity index (χ1v) is 7.69. The van der Waals surface area contributed by atoms with Crippen LogP contribution in [0.15, 0.2) is 0 Å². The fourth-order valence-electron chi connectivity index (χ4n) is 3.89. The number of carbonyl (C=O) groups excluding carboxylic acids is 1. The molecule has 0 aromatic heterocycles. The zero-order chi connectivity index (χ0) is 13.2. The average molecular weight is 252 g/mol. The summed E-state index contributed by atoms with van der Waals surface area (Å²) in [5.74, 6) is 1.11. The average Bonchev–Trinajstić information content (AvgIpc) is 2.85. The number of amides is 1. The van der Waals surface area contributed by atoms with E-state index >= 15 is 0 Å². The summed E-state index contributed by atoms with van der Waals surface area (Å²) in [4.78, 5) is 15.0. The van der Waals surface area contributed by atoms with Crippen LogP contribution in [0.2, 0.25) is 0 Å². The van der Waals surface area contributed by atoms with Crippen molar-refractivity contribution >= 4 is 5.91 Å². The van der Waals surface area contributed by atoms with Crippen LogP contribution in [-0.2, 0) is 4.79 Å². The summed E-state index contributed by atoms with van der Waals surface area (Å²) in [6, 6.07) is 0.523. The van der Waals surface area contributed by atoms with E-state index in [4.69, 9.17) is 5.73 Å². The quantitative estimate of drug-likeness (QED) is 0.835. The third kappa shape index (κ3) is 2.18. The van der Waals surface area contributed by atoms with Crippen molar-refractivity contribution in [1.29, 1.82) is 0 Å². The maximum atomic E-state index is 12.9. The number of nitrogens with zero attached hydrogens (tertiary/aromatic N) is 1. The van der Waals surface area contributed by atoms with Gasteiger partial charge in [-0.25, -0.2) is 0 Å². The molecule has 0 bridgehead atoms. The number of nitrogens with two attached hydrogens (primary N) is 1. The van der Waals surface area contributed by atoms with Gasteiger partial charge in [-0.3, -0.25) is 4.79 Å². The normalized spacial score (nSPS) is 28.3. The van der Waals surface area contributed by atoms with E-state index in [2.05, 4.69) is 18.7 Å². The maximum absolute atomic E-state index is 12.9. The molecule has 0 spiro atoms. The first-order chi connectivity index (χ1) is 8.68. The molecule has 2 fully saturated rings. The van der Waals surface area contributed by atoms with Gasteiger partial charge in [0, 0.05) is 19.1 Å². The van der Waals surface area contributed by atoms with Crippen molar-refractivity contribution in [3.63, 3.8) is 0 Å². The summed E-state index contributed by atoms with van der Waals surface area (Å²) in [7, 11) is 0. The molecule has 3 nitrogen and oxygen atoms in total. The molecular formula is C15H28N2O. The van der Waals surface area contributed by atoms with Gasteiger partial charge in [-0.1, -0.05) is 26.7 Å². The van der Waals surface area contributed by atoms with Crippen molar-refractivity contribution in [3.8, 4) is 0 Å². The Hall–Kier alpha value is -0.570. The molecule has 1 heterocycles. The van der Waals surface area contributed by atoms with Crippen LogP contribution in [0, 0.1) is 11.3 Å². The lowest BCUT2D eigenvalue weighted by molar-refractivity contribution is -0.143. The molecule has 1 saturated heterocycles. The van der Waals surface area contributed by atoms with Gasteiger partial charge in [0.05, 0.1) is 5.41 Å². The van der Waals surface area contributed by atoms with Crippen molar-refractivity contribution in [2.75, 3.05) is 13.1 Å². The number of hydrogen-bond donors (Lipinski definition) is 1. The Kier molecular flexibility index (Phi) is 4.31. The molecule has 1 aliphatic heterocycles. The second-order valence-corrected chi connectivity index (χ2v) is 6.09. The Morgan fingerprint density at radius 3 is 2.50 bits per heavy atom. The number of fused-ring (bicyclic) bond motifs is 1. The smallest absolute Gasteiger partial charge is 0.230 e. The summed E-state index contributed by atoms with van der Waals surface area (Å²) in [5.41, 5.74) is 5.62. The van der Waals surface area contributed by atoms with Gasteiger partial charge >= 0.3 is 0 Å². The first-order valence-electron chi connectivity index (χ1n) is 7.69. The van der Waals surface area contributed by atoms with Crippen molar-refractivity contribution in [1.82, 2.24) is 4.90 Å². The molecule has 104 valence electrons. The maximum Gasteiger partial charge on any atom is 0.230 e. The number of carbonyl (C=O) groups is 1. The summed E-state index contributed by atoms with van der Waals surface area (Å²) >= 11 is 0. The second-order valence-electron chi connectivity index (χ2n) is 6.09. The summed E-state index contributed by atoms with van der Waals surface area (Å²) < 4.78 is 0. The van der Waals surface area contributed by atoms with Crippen LogP contribution in [0.3, 0.4) is 0 Å². The van der Waals surface area contributed by atoms with E-state index in [0.717, 1.165) is 25.3 Å². The third-order valence-corrected chi connectivity index (χ3v) is 5.47. The van der Waals surface area contributed by atoms with Crippen LogP contribution in [-0.4, -0.2) is 29.9 Å². The molecule has 2 aliphatic rings. The molecular weight excluding hydrogens is 224 g/mol. The van der Waals surface area contributed by atoms with Crippen LogP contribution in [0.1, 0.15) is 58.8 Å². The molecule has 0 aromatic rings. The lowest BCUT2D eigenvalue weighted by Gasteiger charge is -2.38. The molecule has 2 unspecified atom stereocenters. The van der Waals surface area contributed by atoms with Crippen molar-refractivity contribution in [3.05, 3.63) is 0 Å². The summed E-state index contributed by atoms with van der Waals surface area (Å²) in [5, 5.41) is 0. The van der Waals surface area contributed by atoms with E-state index in [-0.39, 0.29) is 5.41 Å². The predicted octanol–water partition coefficient (Wildman–Crippen LogP) is 2.54. The number of likely N-dealkylation sites (tertiary alicyclic amines) is 1. The molecule has 3 heteroatoms. The van der Waals surface area contributed by atoms with Crippen LogP contribution in [0.5, 0.6) is 0 Å². The summed E-state index contributed by atoms with van der Waals surface area (Å²) in [6.07, 6.45) is 8.13. The molecule has 2 rings (SSSR count). The highest BCUT2D eigenvalue weighted by molar-refractivity contribution is 5.83. The SMILES string of the molecule is CCC(CC)(CN)C(=O)N1CCC2CCCCC21. The zero-order valence-electron chi connectivity index (χ0n) is 12.0. The Bertz CT molecular complexity index is 291. The Morgan fingerprint density at radius 1 is 1.22 bits per heavy atom. The molecule has 18 heavy (non-hydrogen) atoms. The predicted molar refractivity (Wildman–Crippen MR) is 74.1 cm³/mol. The third-order valence-electron chi connectivity index (χ3n) is 5.47. The molecule has 1 saturated carbocycles. The van der Waals surface area contributed by atoms with Gasteiger partial charge in [0.25, 0.3) is 0 Å². The lowest BCUT2D eigenvalue weighted by Crippen LogP contribution is -2.50. The highest BCUT2D eigenvalue weighted by Gasteiger charge is 2.44. The van der Waals surface area contributed by atoms with Crippen molar-refractivity contribution in [2.45, 2.75) is 64.8 Å². The lowest BCUT2D eigenvalue weighted by atomic mass is 9.79. The molecule has 2 atom stereocenters. The van der Waals surface area contributed by atoms with Gasteiger partial charge in [-0.2, -0.15) is 0 Å². The fourth-order valence-corrected chi connectivity index (χ4v) is 3.89. The van der Waals surface area contributed by atoms with Crippen molar-refractivity contribution in [2.24, 2.45) is 17.1 Å². The standard InChI is InChI=1S/C15H28N2O/c1-3-15(4-2,11-16)14(18)17-10-9-12-7-5-6-8-13(12)17/h12-13H,3-11,16H2,1-2H3.